The Labute approximate surface area is 106 Å². The molecule has 0 atom stereocenters. The molecule has 1 N–H and O–H groups in total. The maximum absolute atomic E-state index is 8.63. The summed E-state index contributed by atoms with van der Waals surface area (Å²) in [5, 5.41) is 8.63. The predicted molar refractivity (Wildman–Crippen MR) is 69.9 cm³/mol. The second-order valence-electron chi connectivity index (χ2n) is 3.90. The van der Waals surface area contributed by atoms with Crippen molar-refractivity contribution in [1.29, 1.82) is 0 Å². The molecule has 0 saturated heterocycles. The van der Waals surface area contributed by atoms with Crippen LogP contribution >= 0.6 is 15.9 Å². The molecule has 1 aromatic rings. The quantitative estimate of drug-likeness (QED) is 0.775. The first kappa shape index (κ1) is 13.5. The first-order valence-electron chi connectivity index (χ1n) is 5.74. The van der Waals surface area contributed by atoms with Crippen LogP contribution in [0.25, 0.3) is 0 Å². The van der Waals surface area contributed by atoms with Crippen LogP contribution in [0.5, 0.6) is 5.75 Å². The van der Waals surface area contributed by atoms with Gasteiger partial charge in [-0.15, -0.1) is 0 Å². The van der Waals surface area contributed by atoms with Crippen LogP contribution in [0.4, 0.5) is 0 Å². The second-order valence-corrected chi connectivity index (χ2v) is 4.81. The van der Waals surface area contributed by atoms with Gasteiger partial charge in [-0.05, 0) is 43.9 Å². The van der Waals surface area contributed by atoms with Crippen molar-refractivity contribution in [3.8, 4) is 5.75 Å². The number of benzene rings is 1. The van der Waals surface area contributed by atoms with Gasteiger partial charge < -0.3 is 9.84 Å². The van der Waals surface area contributed by atoms with Crippen molar-refractivity contribution in [2.45, 2.75) is 32.6 Å². The van der Waals surface area contributed by atoms with Crippen molar-refractivity contribution in [3.63, 3.8) is 0 Å². The van der Waals surface area contributed by atoms with E-state index >= 15 is 0 Å². The first-order valence-corrected chi connectivity index (χ1v) is 6.53. The molecule has 0 bridgehead atoms. The topological polar surface area (TPSA) is 29.5 Å². The Morgan fingerprint density at radius 3 is 2.69 bits per heavy atom. The van der Waals surface area contributed by atoms with Gasteiger partial charge in [0.15, 0.2) is 0 Å². The van der Waals surface area contributed by atoms with E-state index in [4.69, 9.17) is 9.84 Å². The smallest absolute Gasteiger partial charge is 0.123 e. The van der Waals surface area contributed by atoms with Gasteiger partial charge in [0.25, 0.3) is 0 Å². The molecule has 0 unspecified atom stereocenters. The number of unbranched alkanes of at least 4 members (excludes halogenated alkanes) is 3. The molecule has 0 aliphatic heterocycles. The Bertz CT molecular complexity index is 313. The number of ether oxygens (including phenoxy) is 1. The van der Waals surface area contributed by atoms with Gasteiger partial charge in [-0.3, -0.25) is 0 Å². The maximum Gasteiger partial charge on any atom is 0.123 e. The number of hydrogen-bond acceptors (Lipinski definition) is 2. The Morgan fingerprint density at radius 2 is 1.94 bits per heavy atom. The summed E-state index contributed by atoms with van der Waals surface area (Å²) >= 11 is 3.43. The Morgan fingerprint density at radius 1 is 1.19 bits per heavy atom. The van der Waals surface area contributed by atoms with Crippen LogP contribution in [0.3, 0.4) is 0 Å². The zero-order valence-corrected chi connectivity index (χ0v) is 11.3. The maximum atomic E-state index is 8.63. The summed E-state index contributed by atoms with van der Waals surface area (Å²) in [7, 11) is 0. The monoisotopic (exact) mass is 286 g/mol. The fourth-order valence-electron chi connectivity index (χ4n) is 1.48. The van der Waals surface area contributed by atoms with Crippen molar-refractivity contribution in [3.05, 3.63) is 28.2 Å². The SMILES string of the molecule is Cc1ccc(Br)cc1OCCCCCCO. The third-order valence-electron chi connectivity index (χ3n) is 2.46. The standard InChI is InChI=1S/C13H19BrO2/c1-11-6-7-12(14)10-13(11)16-9-5-3-2-4-8-15/h6-7,10,15H,2-5,8-9H2,1H3. The summed E-state index contributed by atoms with van der Waals surface area (Å²) in [6.45, 7) is 3.10. The van der Waals surface area contributed by atoms with Crippen molar-refractivity contribution in [2.75, 3.05) is 13.2 Å². The molecule has 2 nitrogen and oxygen atoms in total. The lowest BCUT2D eigenvalue weighted by Crippen LogP contribution is -1.99. The largest absolute Gasteiger partial charge is 0.493 e. The highest BCUT2D eigenvalue weighted by atomic mass is 79.9. The Kier molecular flexibility index (Phi) is 6.50. The van der Waals surface area contributed by atoms with Gasteiger partial charge in [0, 0.05) is 11.1 Å². The molecule has 0 spiro atoms. The van der Waals surface area contributed by atoms with E-state index in [-0.39, 0.29) is 0 Å². The lowest BCUT2D eigenvalue weighted by atomic mass is 10.2. The highest BCUT2D eigenvalue weighted by Crippen LogP contribution is 2.23. The summed E-state index contributed by atoms with van der Waals surface area (Å²) in [6.07, 6.45) is 4.15. The molecule has 0 amide bonds. The summed E-state index contributed by atoms with van der Waals surface area (Å²) in [6, 6.07) is 6.07. The van der Waals surface area contributed by atoms with Gasteiger partial charge in [-0.25, -0.2) is 0 Å². The minimum absolute atomic E-state index is 0.297. The summed E-state index contributed by atoms with van der Waals surface area (Å²) in [5.74, 6) is 0.955. The van der Waals surface area contributed by atoms with Crippen LogP contribution < -0.4 is 4.74 Å². The van der Waals surface area contributed by atoms with E-state index in [1.807, 2.05) is 25.1 Å². The number of aliphatic hydroxyl groups excluding tert-OH is 1. The number of hydrogen-bond donors (Lipinski definition) is 1. The fourth-order valence-corrected chi connectivity index (χ4v) is 1.82. The number of halogens is 1. The minimum atomic E-state index is 0.297. The van der Waals surface area contributed by atoms with E-state index in [9.17, 15) is 0 Å². The van der Waals surface area contributed by atoms with Crippen LogP contribution in [0.1, 0.15) is 31.2 Å². The molecule has 90 valence electrons. The normalized spacial score (nSPS) is 10.4. The highest BCUT2D eigenvalue weighted by molar-refractivity contribution is 9.10. The van der Waals surface area contributed by atoms with Gasteiger partial charge in [-0.2, -0.15) is 0 Å². The van der Waals surface area contributed by atoms with Gasteiger partial charge >= 0.3 is 0 Å². The fraction of sp³-hybridized carbons (Fsp3) is 0.538. The summed E-state index contributed by atoms with van der Waals surface area (Å²) in [4.78, 5) is 0. The van der Waals surface area contributed by atoms with Crippen LogP contribution in [-0.2, 0) is 0 Å². The predicted octanol–water partition coefficient (Wildman–Crippen LogP) is 3.69. The lowest BCUT2D eigenvalue weighted by Gasteiger charge is -2.09. The van der Waals surface area contributed by atoms with E-state index in [2.05, 4.69) is 15.9 Å². The Balaban J connectivity index is 2.23. The van der Waals surface area contributed by atoms with Crippen LogP contribution in [0.15, 0.2) is 22.7 Å². The summed E-state index contributed by atoms with van der Waals surface area (Å²) in [5.41, 5.74) is 1.17. The molecule has 1 rings (SSSR count). The summed E-state index contributed by atoms with van der Waals surface area (Å²) < 4.78 is 6.75. The molecular formula is C13H19BrO2. The zero-order chi connectivity index (χ0) is 11.8. The van der Waals surface area contributed by atoms with Gasteiger partial charge in [0.05, 0.1) is 6.61 Å². The molecular weight excluding hydrogens is 268 g/mol. The zero-order valence-electron chi connectivity index (χ0n) is 9.71. The average Bonchev–Trinajstić information content (AvgIpc) is 2.28. The number of aliphatic hydroxyl groups is 1. The van der Waals surface area contributed by atoms with E-state index in [0.29, 0.717) is 6.61 Å². The third kappa shape index (κ3) is 4.99. The number of rotatable bonds is 7. The van der Waals surface area contributed by atoms with Gasteiger partial charge in [0.2, 0.25) is 0 Å². The molecule has 0 heterocycles. The molecule has 0 aliphatic rings. The van der Waals surface area contributed by atoms with Crippen molar-refractivity contribution >= 4 is 15.9 Å². The molecule has 0 fully saturated rings. The van der Waals surface area contributed by atoms with Crippen molar-refractivity contribution < 1.29 is 9.84 Å². The van der Waals surface area contributed by atoms with E-state index in [1.165, 1.54) is 5.56 Å². The molecule has 16 heavy (non-hydrogen) atoms. The number of aryl methyl sites for hydroxylation is 1. The average molecular weight is 287 g/mol. The first-order chi connectivity index (χ1) is 7.74. The lowest BCUT2D eigenvalue weighted by molar-refractivity contribution is 0.273. The van der Waals surface area contributed by atoms with Crippen LogP contribution in [-0.4, -0.2) is 18.3 Å². The molecule has 0 saturated carbocycles. The molecule has 0 aliphatic carbocycles. The van der Waals surface area contributed by atoms with E-state index in [0.717, 1.165) is 42.5 Å². The van der Waals surface area contributed by atoms with E-state index in [1.54, 1.807) is 0 Å². The van der Waals surface area contributed by atoms with Gasteiger partial charge in [0.1, 0.15) is 5.75 Å². The van der Waals surface area contributed by atoms with Crippen LogP contribution in [0.2, 0.25) is 0 Å². The molecule has 0 aromatic heterocycles. The van der Waals surface area contributed by atoms with E-state index < -0.39 is 0 Å². The van der Waals surface area contributed by atoms with Crippen molar-refractivity contribution in [2.24, 2.45) is 0 Å². The third-order valence-corrected chi connectivity index (χ3v) is 2.95. The highest BCUT2D eigenvalue weighted by Gasteiger charge is 1.99. The van der Waals surface area contributed by atoms with Gasteiger partial charge in [-0.1, -0.05) is 28.4 Å². The second kappa shape index (κ2) is 7.69. The van der Waals surface area contributed by atoms with Crippen LogP contribution in [0, 0.1) is 6.92 Å². The molecule has 1 aromatic carbocycles. The van der Waals surface area contributed by atoms with Crippen molar-refractivity contribution in [1.82, 2.24) is 0 Å². The Hall–Kier alpha value is -0.540. The molecule has 0 radical (unpaired) electrons. The minimum Gasteiger partial charge on any atom is -0.493 e. The molecule has 3 heteroatoms.